The van der Waals surface area contributed by atoms with Gasteiger partial charge in [0.25, 0.3) is 0 Å². The van der Waals surface area contributed by atoms with Gasteiger partial charge in [0.05, 0.1) is 12.2 Å². The lowest BCUT2D eigenvalue weighted by molar-refractivity contribution is -0.147. The Bertz CT molecular complexity index is 741. The molecule has 0 amide bonds. The van der Waals surface area contributed by atoms with E-state index in [2.05, 4.69) is 25.1 Å². The number of rotatable bonds is 5. The Morgan fingerprint density at radius 3 is 2.83 bits per heavy atom. The topological polar surface area (TPSA) is 39.4 Å². The second-order valence-corrected chi connectivity index (χ2v) is 6.68. The minimum atomic E-state index is -0.0606. The maximum atomic E-state index is 12.1. The first kappa shape index (κ1) is 14.3. The van der Waals surface area contributed by atoms with Crippen molar-refractivity contribution in [2.75, 3.05) is 0 Å². The van der Waals surface area contributed by atoms with E-state index in [4.69, 9.17) is 9.15 Å². The van der Waals surface area contributed by atoms with Crippen molar-refractivity contribution >= 4 is 5.97 Å². The summed E-state index contributed by atoms with van der Waals surface area (Å²) in [6, 6.07) is 12.2. The Morgan fingerprint density at radius 1 is 1.26 bits per heavy atom. The summed E-state index contributed by atoms with van der Waals surface area (Å²) in [5.74, 6) is 1.86. The molecule has 1 fully saturated rings. The van der Waals surface area contributed by atoms with E-state index >= 15 is 0 Å². The second kappa shape index (κ2) is 5.73. The molecule has 1 aromatic carbocycles. The van der Waals surface area contributed by atoms with Crippen molar-refractivity contribution in [3.05, 3.63) is 71.2 Å². The summed E-state index contributed by atoms with van der Waals surface area (Å²) in [6.07, 6.45) is 5.72. The molecule has 3 heteroatoms. The highest BCUT2D eigenvalue weighted by Crippen LogP contribution is 2.56. The molecule has 0 N–H and O–H groups in total. The lowest BCUT2D eigenvalue weighted by Crippen LogP contribution is -2.09. The molecule has 0 radical (unpaired) electrons. The summed E-state index contributed by atoms with van der Waals surface area (Å²) in [5, 5.41) is 0. The number of ether oxygens (including phenoxy) is 1. The van der Waals surface area contributed by atoms with E-state index in [0.717, 1.165) is 24.2 Å². The van der Waals surface area contributed by atoms with Gasteiger partial charge in [-0.25, -0.2) is 0 Å². The van der Waals surface area contributed by atoms with Crippen LogP contribution in [0.1, 0.15) is 30.2 Å². The summed E-state index contributed by atoms with van der Waals surface area (Å²) in [6.45, 7) is 2.43. The summed E-state index contributed by atoms with van der Waals surface area (Å²) in [7, 11) is 0. The monoisotopic (exact) mass is 308 g/mol. The Labute approximate surface area is 136 Å². The Morgan fingerprint density at radius 2 is 2.09 bits per heavy atom. The van der Waals surface area contributed by atoms with Crippen LogP contribution in [0.2, 0.25) is 0 Å². The van der Waals surface area contributed by atoms with E-state index in [0.29, 0.717) is 18.4 Å². The third kappa shape index (κ3) is 2.96. The van der Waals surface area contributed by atoms with Crippen LogP contribution in [0.5, 0.6) is 0 Å². The molecule has 1 aromatic heterocycles. The van der Waals surface area contributed by atoms with Crippen molar-refractivity contribution in [2.45, 2.75) is 26.4 Å². The van der Waals surface area contributed by atoms with Crippen molar-refractivity contribution in [3.8, 4) is 0 Å². The summed E-state index contributed by atoms with van der Waals surface area (Å²) >= 11 is 0. The SMILES string of the molecule is CC1=CC2C(C1)C2C(=O)OCc1coc(Cc2ccccc2)c1. The number of fused-ring (bicyclic) bond motifs is 1. The molecule has 0 spiro atoms. The molecule has 0 aliphatic heterocycles. The van der Waals surface area contributed by atoms with Crippen LogP contribution >= 0.6 is 0 Å². The Hall–Kier alpha value is -2.29. The number of carbonyl (C=O) groups excluding carboxylic acids is 1. The fraction of sp³-hybridized carbons (Fsp3) is 0.350. The quantitative estimate of drug-likeness (QED) is 0.616. The molecule has 3 nitrogen and oxygen atoms in total. The first-order valence-corrected chi connectivity index (χ1v) is 8.15. The molecule has 1 saturated carbocycles. The first-order valence-electron chi connectivity index (χ1n) is 8.15. The van der Waals surface area contributed by atoms with Crippen LogP contribution in [0, 0.1) is 17.8 Å². The summed E-state index contributed by atoms with van der Waals surface area (Å²) in [5.41, 5.74) is 3.53. The number of allylic oxidation sites excluding steroid dienone is 2. The lowest BCUT2D eigenvalue weighted by atomic mass is 10.1. The van der Waals surface area contributed by atoms with Gasteiger partial charge in [-0.05, 0) is 36.8 Å². The largest absolute Gasteiger partial charge is 0.469 e. The second-order valence-electron chi connectivity index (χ2n) is 6.68. The highest BCUT2D eigenvalue weighted by atomic mass is 16.5. The first-order chi connectivity index (χ1) is 11.2. The molecule has 118 valence electrons. The van der Waals surface area contributed by atoms with Crippen molar-refractivity contribution < 1.29 is 13.9 Å². The zero-order chi connectivity index (χ0) is 15.8. The minimum absolute atomic E-state index is 0.0606. The van der Waals surface area contributed by atoms with Gasteiger partial charge in [-0.3, -0.25) is 4.79 Å². The van der Waals surface area contributed by atoms with Gasteiger partial charge in [0, 0.05) is 12.0 Å². The molecule has 2 aromatic rings. The predicted molar refractivity (Wildman–Crippen MR) is 86.6 cm³/mol. The highest BCUT2D eigenvalue weighted by Gasteiger charge is 2.56. The van der Waals surface area contributed by atoms with Gasteiger partial charge in [-0.1, -0.05) is 42.0 Å². The Balaban J connectivity index is 1.30. The van der Waals surface area contributed by atoms with E-state index in [9.17, 15) is 4.79 Å². The molecular formula is C20H20O3. The fourth-order valence-corrected chi connectivity index (χ4v) is 3.63. The fourth-order valence-electron chi connectivity index (χ4n) is 3.63. The van der Waals surface area contributed by atoms with E-state index in [-0.39, 0.29) is 11.9 Å². The molecule has 1 heterocycles. The number of benzene rings is 1. The molecule has 3 unspecified atom stereocenters. The van der Waals surface area contributed by atoms with E-state index in [1.165, 1.54) is 11.1 Å². The van der Waals surface area contributed by atoms with Crippen molar-refractivity contribution in [3.63, 3.8) is 0 Å². The molecule has 3 atom stereocenters. The van der Waals surface area contributed by atoms with Gasteiger partial charge in [0.2, 0.25) is 0 Å². The summed E-state index contributed by atoms with van der Waals surface area (Å²) in [4.78, 5) is 12.1. The third-order valence-electron chi connectivity index (χ3n) is 4.85. The number of hydrogen-bond donors (Lipinski definition) is 0. The third-order valence-corrected chi connectivity index (χ3v) is 4.85. The van der Waals surface area contributed by atoms with Crippen LogP contribution in [-0.4, -0.2) is 5.97 Å². The summed E-state index contributed by atoms with van der Waals surface area (Å²) < 4.78 is 11.0. The number of esters is 1. The van der Waals surface area contributed by atoms with E-state index < -0.39 is 0 Å². The molecule has 23 heavy (non-hydrogen) atoms. The molecular weight excluding hydrogens is 288 g/mol. The molecule has 0 saturated heterocycles. The normalized spacial score (nSPS) is 24.9. The molecule has 4 rings (SSSR count). The van der Waals surface area contributed by atoms with Crippen LogP contribution in [0.4, 0.5) is 0 Å². The lowest BCUT2D eigenvalue weighted by Gasteiger charge is -2.04. The number of furan rings is 1. The Kier molecular flexibility index (Phi) is 3.56. The van der Waals surface area contributed by atoms with Gasteiger partial charge in [0.15, 0.2) is 0 Å². The van der Waals surface area contributed by atoms with Gasteiger partial charge >= 0.3 is 5.97 Å². The maximum absolute atomic E-state index is 12.1. The van der Waals surface area contributed by atoms with Gasteiger partial charge < -0.3 is 9.15 Å². The van der Waals surface area contributed by atoms with Crippen LogP contribution in [0.3, 0.4) is 0 Å². The average Bonchev–Trinajstić information content (AvgIpc) is 2.87. The minimum Gasteiger partial charge on any atom is -0.469 e. The van der Waals surface area contributed by atoms with Crippen molar-refractivity contribution in [1.82, 2.24) is 0 Å². The van der Waals surface area contributed by atoms with Crippen LogP contribution in [-0.2, 0) is 22.6 Å². The van der Waals surface area contributed by atoms with Crippen LogP contribution < -0.4 is 0 Å². The molecule has 2 aliphatic rings. The highest BCUT2D eigenvalue weighted by molar-refractivity contribution is 5.77. The standard InChI is InChI=1S/C20H20O3/c1-13-7-17-18(8-13)19(17)20(21)23-12-15-10-16(22-11-15)9-14-5-3-2-4-6-14/h2-7,10-11,17-19H,8-9,12H2,1H3. The predicted octanol–water partition coefficient (Wildman–Crippen LogP) is 4.13. The number of carbonyl (C=O) groups is 1. The van der Waals surface area contributed by atoms with Gasteiger partial charge in [-0.2, -0.15) is 0 Å². The molecule has 0 bridgehead atoms. The van der Waals surface area contributed by atoms with E-state index in [1.54, 1.807) is 6.26 Å². The number of hydrogen-bond acceptors (Lipinski definition) is 3. The van der Waals surface area contributed by atoms with Gasteiger partial charge in [0.1, 0.15) is 12.4 Å². The zero-order valence-corrected chi connectivity index (χ0v) is 13.2. The smallest absolute Gasteiger partial charge is 0.310 e. The van der Waals surface area contributed by atoms with Gasteiger partial charge in [-0.15, -0.1) is 0 Å². The van der Waals surface area contributed by atoms with Crippen molar-refractivity contribution in [2.24, 2.45) is 17.8 Å². The van der Waals surface area contributed by atoms with Crippen LogP contribution in [0.15, 0.2) is 58.7 Å². The van der Waals surface area contributed by atoms with Crippen molar-refractivity contribution in [1.29, 1.82) is 0 Å². The van der Waals surface area contributed by atoms with Crippen LogP contribution in [0.25, 0.3) is 0 Å². The van der Waals surface area contributed by atoms with E-state index in [1.807, 2.05) is 24.3 Å². The zero-order valence-electron chi connectivity index (χ0n) is 13.2. The average molecular weight is 308 g/mol. The maximum Gasteiger partial charge on any atom is 0.310 e. The molecule has 2 aliphatic carbocycles.